The first kappa shape index (κ1) is 23.8. The van der Waals surface area contributed by atoms with Gasteiger partial charge in [0, 0.05) is 49.3 Å². The normalized spacial score (nSPS) is 13.1. The lowest BCUT2D eigenvalue weighted by molar-refractivity contribution is 0.248. The maximum atomic E-state index is 4.58. The third-order valence-electron chi connectivity index (χ3n) is 5.92. The van der Waals surface area contributed by atoms with Crippen molar-refractivity contribution in [2.45, 2.75) is 60.2 Å². The van der Waals surface area contributed by atoms with Gasteiger partial charge in [-0.05, 0) is 75.9 Å². The standard InChI is InChI=1S/C28H38N4/c1-20-11-9-12-21(2)27(20)30-24(5)17-32(19-26-15-7-8-16-29-26)18-25(6)31-28-22(3)13-10-14-23(28)4/h7-16,24-25,30-31H,17-19H2,1-6H3. The van der Waals surface area contributed by atoms with Crippen molar-refractivity contribution >= 4 is 11.4 Å². The van der Waals surface area contributed by atoms with Crippen LogP contribution in [0.25, 0.3) is 0 Å². The van der Waals surface area contributed by atoms with Crippen LogP contribution >= 0.6 is 0 Å². The zero-order valence-corrected chi connectivity index (χ0v) is 20.4. The third kappa shape index (κ3) is 6.57. The number of pyridine rings is 1. The zero-order valence-electron chi connectivity index (χ0n) is 20.4. The molecule has 1 aromatic heterocycles. The number of hydrogen-bond acceptors (Lipinski definition) is 4. The molecule has 2 unspecified atom stereocenters. The summed E-state index contributed by atoms with van der Waals surface area (Å²) < 4.78 is 0. The van der Waals surface area contributed by atoms with Crippen LogP contribution in [0.5, 0.6) is 0 Å². The van der Waals surface area contributed by atoms with Crippen LogP contribution in [0.2, 0.25) is 0 Å². The molecule has 4 heteroatoms. The summed E-state index contributed by atoms with van der Waals surface area (Å²) in [5.41, 5.74) is 8.76. The average molecular weight is 431 g/mol. The molecule has 170 valence electrons. The summed E-state index contributed by atoms with van der Waals surface area (Å²) in [7, 11) is 0. The van der Waals surface area contributed by atoms with Crippen LogP contribution in [-0.2, 0) is 6.54 Å². The van der Waals surface area contributed by atoms with Crippen LogP contribution < -0.4 is 10.6 Å². The van der Waals surface area contributed by atoms with Crippen LogP contribution in [0, 0.1) is 27.7 Å². The molecule has 0 bridgehead atoms. The SMILES string of the molecule is Cc1cccc(C)c1NC(C)CN(Cc1ccccn1)CC(C)Nc1c(C)cccc1C. The first-order valence-corrected chi connectivity index (χ1v) is 11.6. The number of benzene rings is 2. The van der Waals surface area contributed by atoms with E-state index in [4.69, 9.17) is 0 Å². The molecule has 0 aliphatic carbocycles. The number of para-hydroxylation sites is 2. The van der Waals surface area contributed by atoms with E-state index in [0.717, 1.165) is 25.3 Å². The minimum absolute atomic E-state index is 0.311. The fourth-order valence-corrected chi connectivity index (χ4v) is 4.37. The highest BCUT2D eigenvalue weighted by Gasteiger charge is 2.17. The quantitative estimate of drug-likeness (QED) is 0.407. The van der Waals surface area contributed by atoms with Crippen molar-refractivity contribution in [1.82, 2.24) is 9.88 Å². The molecule has 3 aromatic rings. The van der Waals surface area contributed by atoms with Gasteiger partial charge in [0.15, 0.2) is 0 Å². The highest BCUT2D eigenvalue weighted by Crippen LogP contribution is 2.22. The molecule has 32 heavy (non-hydrogen) atoms. The van der Waals surface area contributed by atoms with E-state index in [1.165, 1.54) is 33.6 Å². The molecule has 4 nitrogen and oxygen atoms in total. The van der Waals surface area contributed by atoms with Gasteiger partial charge in [0.25, 0.3) is 0 Å². The van der Waals surface area contributed by atoms with E-state index in [1.807, 2.05) is 12.3 Å². The fraction of sp³-hybridized carbons (Fsp3) is 0.393. The van der Waals surface area contributed by atoms with Crippen LogP contribution in [0.3, 0.4) is 0 Å². The number of anilines is 2. The summed E-state index contributed by atoms with van der Waals surface area (Å²) in [6, 6.07) is 19.7. The fourth-order valence-electron chi connectivity index (χ4n) is 4.37. The molecule has 0 saturated heterocycles. The molecule has 2 atom stereocenters. The number of nitrogens with zero attached hydrogens (tertiary/aromatic N) is 2. The van der Waals surface area contributed by atoms with Gasteiger partial charge in [0.1, 0.15) is 0 Å². The lowest BCUT2D eigenvalue weighted by Gasteiger charge is -2.30. The average Bonchev–Trinajstić information content (AvgIpc) is 2.74. The van der Waals surface area contributed by atoms with Crippen molar-refractivity contribution < 1.29 is 0 Å². The van der Waals surface area contributed by atoms with Crippen molar-refractivity contribution in [3.05, 3.63) is 88.7 Å². The second kappa shape index (κ2) is 11.1. The lowest BCUT2D eigenvalue weighted by Crippen LogP contribution is -2.41. The van der Waals surface area contributed by atoms with Gasteiger partial charge in [0.2, 0.25) is 0 Å². The minimum atomic E-state index is 0.311. The van der Waals surface area contributed by atoms with Crippen molar-refractivity contribution in [2.75, 3.05) is 23.7 Å². The van der Waals surface area contributed by atoms with Crippen LogP contribution in [0.15, 0.2) is 60.8 Å². The third-order valence-corrected chi connectivity index (χ3v) is 5.92. The first-order valence-electron chi connectivity index (χ1n) is 11.6. The van der Waals surface area contributed by atoms with Crippen molar-refractivity contribution in [3.63, 3.8) is 0 Å². The smallest absolute Gasteiger partial charge is 0.0543 e. The molecule has 0 radical (unpaired) electrons. The number of rotatable bonds is 10. The predicted octanol–water partition coefficient (Wildman–Crippen LogP) is 6.12. The Kier molecular flexibility index (Phi) is 8.29. The molecule has 2 N–H and O–H groups in total. The van der Waals surface area contributed by atoms with Crippen molar-refractivity contribution in [3.8, 4) is 0 Å². The molecule has 0 aliphatic heterocycles. The molecule has 0 spiro atoms. The highest BCUT2D eigenvalue weighted by molar-refractivity contribution is 5.58. The number of nitrogens with one attached hydrogen (secondary N) is 2. The Labute approximate surface area is 194 Å². The van der Waals surface area contributed by atoms with Crippen LogP contribution in [0.1, 0.15) is 41.8 Å². The minimum Gasteiger partial charge on any atom is -0.381 e. The largest absolute Gasteiger partial charge is 0.381 e. The summed E-state index contributed by atoms with van der Waals surface area (Å²) in [5, 5.41) is 7.51. The summed E-state index contributed by atoms with van der Waals surface area (Å²) in [4.78, 5) is 7.07. The van der Waals surface area contributed by atoms with Crippen LogP contribution in [0.4, 0.5) is 11.4 Å². The summed E-state index contributed by atoms with van der Waals surface area (Å²) >= 11 is 0. The monoisotopic (exact) mass is 430 g/mol. The Morgan fingerprint density at radius 3 is 1.56 bits per heavy atom. The van der Waals surface area contributed by atoms with E-state index in [0.29, 0.717) is 12.1 Å². The van der Waals surface area contributed by atoms with Gasteiger partial charge in [-0.3, -0.25) is 9.88 Å². The molecule has 1 heterocycles. The molecular formula is C28H38N4. The number of hydrogen-bond donors (Lipinski definition) is 2. The second-order valence-electron chi connectivity index (χ2n) is 9.14. The van der Waals surface area contributed by atoms with E-state index in [9.17, 15) is 0 Å². The Morgan fingerprint density at radius 2 is 1.16 bits per heavy atom. The molecule has 3 rings (SSSR count). The Hall–Kier alpha value is -2.85. The summed E-state index contributed by atoms with van der Waals surface area (Å²) in [6.07, 6.45) is 1.88. The summed E-state index contributed by atoms with van der Waals surface area (Å²) in [5.74, 6) is 0. The van der Waals surface area contributed by atoms with E-state index in [2.05, 4.69) is 111 Å². The maximum absolute atomic E-state index is 4.58. The topological polar surface area (TPSA) is 40.2 Å². The Balaban J connectivity index is 1.71. The Bertz CT molecular complexity index is 898. The predicted molar refractivity (Wildman–Crippen MR) is 138 cm³/mol. The van der Waals surface area contributed by atoms with Gasteiger partial charge < -0.3 is 10.6 Å². The van der Waals surface area contributed by atoms with E-state index < -0.39 is 0 Å². The van der Waals surface area contributed by atoms with Crippen molar-refractivity contribution in [1.29, 1.82) is 0 Å². The molecule has 0 saturated carbocycles. The second-order valence-corrected chi connectivity index (χ2v) is 9.14. The number of aryl methyl sites for hydroxylation is 4. The van der Waals surface area contributed by atoms with E-state index in [1.54, 1.807) is 0 Å². The van der Waals surface area contributed by atoms with E-state index >= 15 is 0 Å². The van der Waals surface area contributed by atoms with E-state index in [-0.39, 0.29) is 0 Å². The molecule has 0 amide bonds. The highest BCUT2D eigenvalue weighted by atomic mass is 15.2. The molecular weight excluding hydrogens is 392 g/mol. The van der Waals surface area contributed by atoms with Crippen molar-refractivity contribution in [2.24, 2.45) is 0 Å². The zero-order chi connectivity index (χ0) is 23.1. The van der Waals surface area contributed by atoms with Gasteiger partial charge in [-0.2, -0.15) is 0 Å². The number of aromatic nitrogens is 1. The van der Waals surface area contributed by atoms with Gasteiger partial charge in [-0.15, -0.1) is 0 Å². The summed E-state index contributed by atoms with van der Waals surface area (Å²) in [6.45, 7) is 15.9. The van der Waals surface area contributed by atoms with Gasteiger partial charge in [-0.25, -0.2) is 0 Å². The molecule has 0 fully saturated rings. The molecule has 2 aromatic carbocycles. The molecule has 0 aliphatic rings. The lowest BCUT2D eigenvalue weighted by atomic mass is 10.1. The van der Waals surface area contributed by atoms with Gasteiger partial charge >= 0.3 is 0 Å². The Morgan fingerprint density at radius 1 is 0.688 bits per heavy atom. The maximum Gasteiger partial charge on any atom is 0.0543 e. The van der Waals surface area contributed by atoms with Gasteiger partial charge in [0.05, 0.1) is 5.69 Å². The van der Waals surface area contributed by atoms with Crippen LogP contribution in [-0.4, -0.2) is 35.1 Å². The first-order chi connectivity index (χ1) is 15.3. The van der Waals surface area contributed by atoms with Gasteiger partial charge in [-0.1, -0.05) is 42.5 Å².